The van der Waals surface area contributed by atoms with Gasteiger partial charge in [-0.1, -0.05) is 27.2 Å². The Kier molecular flexibility index (Phi) is 7.17. The molecule has 0 amide bonds. The number of furan rings is 1. The van der Waals surface area contributed by atoms with Gasteiger partial charge in [-0.05, 0) is 45.5 Å². The first kappa shape index (κ1) is 16.3. The monoisotopic (exact) mass is 266 g/mol. The zero-order valence-electron chi connectivity index (χ0n) is 13.3. The van der Waals surface area contributed by atoms with Crippen LogP contribution in [0.1, 0.15) is 50.7 Å². The minimum Gasteiger partial charge on any atom is -0.465 e. The summed E-state index contributed by atoms with van der Waals surface area (Å²) in [4.78, 5) is 2.33. The Hall–Kier alpha value is -0.800. The molecule has 1 heterocycles. The summed E-state index contributed by atoms with van der Waals surface area (Å²) in [6.45, 7) is 12.7. The van der Waals surface area contributed by atoms with Gasteiger partial charge in [0.1, 0.15) is 11.5 Å². The van der Waals surface area contributed by atoms with E-state index in [1.54, 1.807) is 0 Å². The Morgan fingerprint density at radius 3 is 2.74 bits per heavy atom. The van der Waals surface area contributed by atoms with E-state index in [1.165, 1.54) is 18.4 Å². The molecule has 1 aromatic heterocycles. The largest absolute Gasteiger partial charge is 0.465 e. The van der Waals surface area contributed by atoms with Crippen LogP contribution in [-0.4, -0.2) is 25.0 Å². The van der Waals surface area contributed by atoms with Crippen LogP contribution in [0.15, 0.2) is 10.5 Å². The van der Waals surface area contributed by atoms with Crippen LogP contribution in [0.2, 0.25) is 0 Å². The van der Waals surface area contributed by atoms with Crippen LogP contribution in [0, 0.1) is 12.8 Å². The van der Waals surface area contributed by atoms with Crippen molar-refractivity contribution in [1.82, 2.24) is 10.2 Å². The maximum absolute atomic E-state index is 5.84. The third-order valence-electron chi connectivity index (χ3n) is 3.26. The molecule has 1 N–H and O–H groups in total. The fourth-order valence-corrected chi connectivity index (χ4v) is 2.11. The molecule has 1 aromatic rings. The Balaban J connectivity index is 2.44. The third kappa shape index (κ3) is 6.26. The average Bonchev–Trinajstić information content (AvgIpc) is 2.66. The number of nitrogens with one attached hydrogen (secondary N) is 1. The van der Waals surface area contributed by atoms with Crippen LogP contribution < -0.4 is 5.32 Å². The van der Waals surface area contributed by atoms with Gasteiger partial charge in [0.05, 0.1) is 6.54 Å². The lowest BCUT2D eigenvalue weighted by Gasteiger charge is -2.13. The molecule has 0 radical (unpaired) electrons. The fourth-order valence-electron chi connectivity index (χ4n) is 2.11. The van der Waals surface area contributed by atoms with Gasteiger partial charge in [-0.25, -0.2) is 0 Å². The van der Waals surface area contributed by atoms with Gasteiger partial charge in [0.25, 0.3) is 0 Å². The third-order valence-corrected chi connectivity index (χ3v) is 3.26. The summed E-state index contributed by atoms with van der Waals surface area (Å²) in [5.74, 6) is 2.82. The van der Waals surface area contributed by atoms with Gasteiger partial charge in [0.15, 0.2) is 0 Å². The zero-order valence-corrected chi connectivity index (χ0v) is 13.3. The SMILES string of the molecule is CCCCN(C)Cc1cc(CNCC(C)C)c(C)o1. The first-order chi connectivity index (χ1) is 9.02. The molecule has 0 unspecified atom stereocenters. The summed E-state index contributed by atoms with van der Waals surface area (Å²) >= 11 is 0. The summed E-state index contributed by atoms with van der Waals surface area (Å²) in [6.07, 6.45) is 2.49. The average molecular weight is 266 g/mol. The molecule has 110 valence electrons. The van der Waals surface area contributed by atoms with Gasteiger partial charge < -0.3 is 9.73 Å². The standard InChI is InChI=1S/C16H30N2O/c1-6-7-8-18(5)12-16-9-15(14(4)19-16)11-17-10-13(2)3/h9,13,17H,6-8,10-12H2,1-5H3. The van der Waals surface area contributed by atoms with Gasteiger partial charge in [-0.3, -0.25) is 4.90 Å². The van der Waals surface area contributed by atoms with Gasteiger partial charge in [0.2, 0.25) is 0 Å². The van der Waals surface area contributed by atoms with Gasteiger partial charge in [-0.15, -0.1) is 0 Å². The molecule has 0 aromatic carbocycles. The molecule has 19 heavy (non-hydrogen) atoms. The lowest BCUT2D eigenvalue weighted by atomic mass is 10.2. The highest BCUT2D eigenvalue weighted by molar-refractivity contribution is 5.20. The predicted molar refractivity (Wildman–Crippen MR) is 81.2 cm³/mol. The van der Waals surface area contributed by atoms with Crippen LogP contribution in [-0.2, 0) is 13.1 Å². The molecule has 3 heteroatoms. The van der Waals surface area contributed by atoms with Crippen molar-refractivity contribution in [3.8, 4) is 0 Å². The Morgan fingerprint density at radius 1 is 1.37 bits per heavy atom. The minimum absolute atomic E-state index is 0.687. The Labute approximate surface area is 118 Å². The van der Waals surface area contributed by atoms with E-state index in [2.05, 4.69) is 51.0 Å². The van der Waals surface area contributed by atoms with Crippen molar-refractivity contribution in [2.75, 3.05) is 20.1 Å². The summed E-state index contributed by atoms with van der Waals surface area (Å²) in [5, 5.41) is 3.47. The summed E-state index contributed by atoms with van der Waals surface area (Å²) < 4.78 is 5.84. The second-order valence-corrected chi connectivity index (χ2v) is 5.91. The van der Waals surface area contributed by atoms with Gasteiger partial charge in [0, 0.05) is 12.1 Å². The van der Waals surface area contributed by atoms with Crippen molar-refractivity contribution >= 4 is 0 Å². The smallest absolute Gasteiger partial charge is 0.118 e. The first-order valence-corrected chi connectivity index (χ1v) is 7.50. The van der Waals surface area contributed by atoms with Crippen LogP contribution in [0.5, 0.6) is 0 Å². The van der Waals surface area contributed by atoms with Crippen molar-refractivity contribution in [2.45, 2.75) is 53.6 Å². The van der Waals surface area contributed by atoms with Crippen LogP contribution in [0.25, 0.3) is 0 Å². The van der Waals surface area contributed by atoms with Crippen molar-refractivity contribution in [2.24, 2.45) is 5.92 Å². The van der Waals surface area contributed by atoms with Crippen LogP contribution >= 0.6 is 0 Å². The van der Waals surface area contributed by atoms with Gasteiger partial charge >= 0.3 is 0 Å². The molecule has 0 aliphatic heterocycles. The second-order valence-electron chi connectivity index (χ2n) is 5.91. The van der Waals surface area contributed by atoms with E-state index < -0.39 is 0 Å². The van der Waals surface area contributed by atoms with E-state index in [-0.39, 0.29) is 0 Å². The summed E-state index contributed by atoms with van der Waals surface area (Å²) in [7, 11) is 2.16. The lowest BCUT2D eigenvalue weighted by molar-refractivity contribution is 0.288. The number of unbranched alkanes of at least 4 members (excludes halogenated alkanes) is 1. The maximum atomic E-state index is 5.84. The molecular formula is C16H30N2O. The molecule has 0 saturated heterocycles. The fraction of sp³-hybridized carbons (Fsp3) is 0.750. The van der Waals surface area contributed by atoms with Crippen molar-refractivity contribution in [1.29, 1.82) is 0 Å². The van der Waals surface area contributed by atoms with Crippen LogP contribution in [0.4, 0.5) is 0 Å². The predicted octanol–water partition coefficient (Wildman–Crippen LogP) is 3.57. The Bertz CT molecular complexity index is 358. The van der Waals surface area contributed by atoms with E-state index in [4.69, 9.17) is 4.42 Å². The number of nitrogens with zero attached hydrogens (tertiary/aromatic N) is 1. The van der Waals surface area contributed by atoms with Crippen molar-refractivity contribution in [3.05, 3.63) is 23.2 Å². The molecule has 0 aliphatic carbocycles. The quantitative estimate of drug-likeness (QED) is 0.740. The number of hydrogen-bond donors (Lipinski definition) is 1. The highest BCUT2D eigenvalue weighted by Crippen LogP contribution is 2.16. The minimum atomic E-state index is 0.687. The summed E-state index contributed by atoms with van der Waals surface area (Å²) in [6, 6.07) is 2.20. The molecule has 0 atom stereocenters. The zero-order chi connectivity index (χ0) is 14.3. The van der Waals surface area contributed by atoms with E-state index in [0.29, 0.717) is 5.92 Å². The maximum Gasteiger partial charge on any atom is 0.118 e. The molecule has 0 bridgehead atoms. The number of rotatable bonds is 9. The van der Waals surface area contributed by atoms with Gasteiger partial charge in [-0.2, -0.15) is 0 Å². The highest BCUT2D eigenvalue weighted by Gasteiger charge is 2.09. The Morgan fingerprint density at radius 2 is 2.11 bits per heavy atom. The molecule has 3 nitrogen and oxygen atoms in total. The summed E-state index contributed by atoms with van der Waals surface area (Å²) in [5.41, 5.74) is 1.29. The van der Waals surface area contributed by atoms with E-state index >= 15 is 0 Å². The molecule has 1 rings (SSSR count). The van der Waals surface area contributed by atoms with Crippen molar-refractivity contribution in [3.63, 3.8) is 0 Å². The number of hydrogen-bond acceptors (Lipinski definition) is 3. The van der Waals surface area contributed by atoms with Crippen molar-refractivity contribution < 1.29 is 4.42 Å². The van der Waals surface area contributed by atoms with E-state index in [9.17, 15) is 0 Å². The highest BCUT2D eigenvalue weighted by atomic mass is 16.3. The van der Waals surface area contributed by atoms with Crippen LogP contribution in [0.3, 0.4) is 0 Å². The molecular weight excluding hydrogens is 236 g/mol. The number of aryl methyl sites for hydroxylation is 1. The second kappa shape index (κ2) is 8.39. The lowest BCUT2D eigenvalue weighted by Crippen LogP contribution is -2.19. The molecule has 0 spiro atoms. The topological polar surface area (TPSA) is 28.4 Å². The molecule has 0 aliphatic rings. The van der Waals surface area contributed by atoms with E-state index in [1.807, 2.05) is 0 Å². The normalized spacial score (nSPS) is 11.7. The molecule has 0 fully saturated rings. The first-order valence-electron chi connectivity index (χ1n) is 7.50. The molecule has 0 saturated carbocycles. The van der Waals surface area contributed by atoms with E-state index in [0.717, 1.165) is 37.7 Å².